The Morgan fingerprint density at radius 3 is 2.48 bits per heavy atom. The van der Waals surface area contributed by atoms with E-state index in [-0.39, 0.29) is 12.0 Å². The number of amides is 1. The van der Waals surface area contributed by atoms with Gasteiger partial charge in [-0.25, -0.2) is 13.2 Å². The number of aryl methyl sites for hydroxylation is 1. The molecule has 0 aliphatic rings. The highest BCUT2D eigenvalue weighted by atomic mass is 79.9. The first-order chi connectivity index (χ1) is 9.86. The summed E-state index contributed by atoms with van der Waals surface area (Å²) in [7, 11) is 0. The Balaban J connectivity index is 2.15. The minimum atomic E-state index is -1.28. The van der Waals surface area contributed by atoms with E-state index >= 15 is 0 Å². The van der Waals surface area contributed by atoms with Gasteiger partial charge >= 0.3 is 0 Å². The number of benzene rings is 2. The van der Waals surface area contributed by atoms with E-state index in [2.05, 4.69) is 21.2 Å². The molecule has 0 heterocycles. The SMILES string of the molecule is Cc1ccc(Br)c(NC(=O)Cc2cc(F)c(F)cc2F)c1. The van der Waals surface area contributed by atoms with Crippen molar-refractivity contribution < 1.29 is 18.0 Å². The molecule has 2 aromatic rings. The molecular formula is C15H11BrF3NO. The van der Waals surface area contributed by atoms with Crippen LogP contribution in [-0.4, -0.2) is 5.91 Å². The highest BCUT2D eigenvalue weighted by Gasteiger charge is 2.14. The minimum Gasteiger partial charge on any atom is -0.325 e. The Hall–Kier alpha value is -1.82. The zero-order valence-corrected chi connectivity index (χ0v) is 12.6. The second-order valence-electron chi connectivity index (χ2n) is 4.57. The number of hydrogen-bond acceptors (Lipinski definition) is 1. The molecule has 0 bridgehead atoms. The van der Waals surface area contributed by atoms with Gasteiger partial charge in [0.15, 0.2) is 11.6 Å². The van der Waals surface area contributed by atoms with Crippen LogP contribution in [0.25, 0.3) is 0 Å². The zero-order valence-electron chi connectivity index (χ0n) is 11.0. The second kappa shape index (κ2) is 6.30. The topological polar surface area (TPSA) is 29.1 Å². The van der Waals surface area contributed by atoms with E-state index in [0.29, 0.717) is 22.3 Å². The zero-order chi connectivity index (χ0) is 15.6. The Morgan fingerprint density at radius 2 is 1.76 bits per heavy atom. The normalized spacial score (nSPS) is 10.5. The number of rotatable bonds is 3. The Bertz CT molecular complexity index is 704. The molecule has 110 valence electrons. The summed E-state index contributed by atoms with van der Waals surface area (Å²) < 4.78 is 40.0. The molecule has 0 radical (unpaired) electrons. The van der Waals surface area contributed by atoms with Crippen molar-refractivity contribution >= 4 is 27.5 Å². The third kappa shape index (κ3) is 3.85. The van der Waals surface area contributed by atoms with Gasteiger partial charge in [0.2, 0.25) is 5.91 Å². The van der Waals surface area contributed by atoms with Crippen molar-refractivity contribution in [3.63, 3.8) is 0 Å². The molecule has 0 atom stereocenters. The number of carbonyl (C=O) groups is 1. The molecule has 0 spiro atoms. The smallest absolute Gasteiger partial charge is 0.228 e. The Kier molecular flexibility index (Phi) is 4.67. The lowest BCUT2D eigenvalue weighted by Crippen LogP contribution is -2.16. The van der Waals surface area contributed by atoms with Crippen molar-refractivity contribution in [1.29, 1.82) is 0 Å². The number of hydrogen-bond donors (Lipinski definition) is 1. The van der Waals surface area contributed by atoms with Gasteiger partial charge in [-0.3, -0.25) is 4.79 Å². The van der Waals surface area contributed by atoms with E-state index in [4.69, 9.17) is 0 Å². The van der Waals surface area contributed by atoms with E-state index in [1.807, 2.05) is 13.0 Å². The molecule has 0 saturated heterocycles. The number of carbonyl (C=O) groups excluding carboxylic acids is 1. The molecule has 0 fully saturated rings. The van der Waals surface area contributed by atoms with E-state index in [1.165, 1.54) is 0 Å². The van der Waals surface area contributed by atoms with E-state index in [1.54, 1.807) is 12.1 Å². The van der Waals surface area contributed by atoms with Gasteiger partial charge in [0.25, 0.3) is 0 Å². The van der Waals surface area contributed by atoms with Crippen molar-refractivity contribution in [2.24, 2.45) is 0 Å². The first-order valence-corrected chi connectivity index (χ1v) is 6.85. The second-order valence-corrected chi connectivity index (χ2v) is 5.42. The van der Waals surface area contributed by atoms with Crippen molar-refractivity contribution in [2.45, 2.75) is 13.3 Å². The van der Waals surface area contributed by atoms with Gasteiger partial charge < -0.3 is 5.32 Å². The summed E-state index contributed by atoms with van der Waals surface area (Å²) >= 11 is 3.28. The average molecular weight is 358 g/mol. The molecule has 0 unspecified atom stereocenters. The maximum absolute atomic E-state index is 13.5. The van der Waals surface area contributed by atoms with E-state index in [0.717, 1.165) is 5.56 Å². The highest BCUT2D eigenvalue weighted by Crippen LogP contribution is 2.23. The van der Waals surface area contributed by atoms with Gasteiger partial charge in [0.05, 0.1) is 12.1 Å². The van der Waals surface area contributed by atoms with Crippen molar-refractivity contribution in [3.8, 4) is 0 Å². The molecule has 0 aliphatic heterocycles. The monoisotopic (exact) mass is 357 g/mol. The van der Waals surface area contributed by atoms with Gasteiger partial charge in [0.1, 0.15) is 5.82 Å². The molecule has 1 amide bonds. The molecule has 2 nitrogen and oxygen atoms in total. The predicted molar refractivity (Wildman–Crippen MR) is 77.5 cm³/mol. The van der Waals surface area contributed by atoms with Crippen LogP contribution in [0, 0.1) is 24.4 Å². The third-order valence-electron chi connectivity index (χ3n) is 2.84. The lowest BCUT2D eigenvalue weighted by atomic mass is 10.1. The van der Waals surface area contributed by atoms with Crippen LogP contribution in [0.2, 0.25) is 0 Å². The fraction of sp³-hybridized carbons (Fsp3) is 0.133. The summed E-state index contributed by atoms with van der Waals surface area (Å²) in [6, 6.07) is 6.48. The summed E-state index contributed by atoms with van der Waals surface area (Å²) in [4.78, 5) is 11.9. The van der Waals surface area contributed by atoms with Crippen molar-refractivity contribution in [2.75, 3.05) is 5.32 Å². The summed E-state index contributed by atoms with van der Waals surface area (Å²) in [5, 5.41) is 2.59. The van der Waals surface area contributed by atoms with Crippen LogP contribution < -0.4 is 5.32 Å². The van der Waals surface area contributed by atoms with Crippen LogP contribution in [0.3, 0.4) is 0 Å². The third-order valence-corrected chi connectivity index (χ3v) is 3.53. The van der Waals surface area contributed by atoms with Crippen molar-refractivity contribution in [3.05, 3.63) is 63.4 Å². The van der Waals surface area contributed by atoms with E-state index in [9.17, 15) is 18.0 Å². The lowest BCUT2D eigenvalue weighted by molar-refractivity contribution is -0.115. The number of anilines is 1. The Labute approximate surface area is 128 Å². The summed E-state index contributed by atoms with van der Waals surface area (Å²) in [6.45, 7) is 1.86. The number of nitrogens with one attached hydrogen (secondary N) is 1. The van der Waals surface area contributed by atoms with Crippen LogP contribution in [0.4, 0.5) is 18.9 Å². The summed E-state index contributed by atoms with van der Waals surface area (Å²) in [5.41, 5.74) is 1.27. The quantitative estimate of drug-likeness (QED) is 0.812. The highest BCUT2D eigenvalue weighted by molar-refractivity contribution is 9.10. The minimum absolute atomic E-state index is 0.199. The fourth-order valence-corrected chi connectivity index (χ4v) is 2.15. The first-order valence-electron chi connectivity index (χ1n) is 6.06. The standard InChI is InChI=1S/C15H11BrF3NO/c1-8-2-3-10(16)14(4-8)20-15(21)6-9-5-12(18)13(19)7-11(9)17/h2-5,7H,6H2,1H3,(H,20,21). The molecule has 0 aliphatic carbocycles. The molecule has 0 saturated carbocycles. The fourth-order valence-electron chi connectivity index (χ4n) is 1.80. The van der Waals surface area contributed by atoms with Crippen LogP contribution in [0.15, 0.2) is 34.8 Å². The van der Waals surface area contributed by atoms with Crippen LogP contribution >= 0.6 is 15.9 Å². The predicted octanol–water partition coefficient (Wildman–Crippen LogP) is 4.36. The van der Waals surface area contributed by atoms with Crippen LogP contribution in [0.1, 0.15) is 11.1 Å². The lowest BCUT2D eigenvalue weighted by Gasteiger charge is -2.09. The molecule has 6 heteroatoms. The molecule has 2 rings (SSSR count). The van der Waals surface area contributed by atoms with Gasteiger partial charge in [-0.2, -0.15) is 0 Å². The van der Waals surface area contributed by atoms with E-state index < -0.39 is 23.4 Å². The molecule has 1 N–H and O–H groups in total. The van der Waals surface area contributed by atoms with Crippen LogP contribution in [0.5, 0.6) is 0 Å². The maximum atomic E-state index is 13.5. The van der Waals surface area contributed by atoms with Crippen LogP contribution in [-0.2, 0) is 11.2 Å². The summed E-state index contributed by atoms with van der Waals surface area (Å²) in [5.74, 6) is -3.94. The van der Waals surface area contributed by atoms with Gasteiger partial charge in [0, 0.05) is 16.1 Å². The molecule has 2 aromatic carbocycles. The molecule has 0 aromatic heterocycles. The summed E-state index contributed by atoms with van der Waals surface area (Å²) in [6.07, 6.45) is -0.386. The largest absolute Gasteiger partial charge is 0.325 e. The first kappa shape index (κ1) is 15.6. The van der Waals surface area contributed by atoms with Gasteiger partial charge in [-0.15, -0.1) is 0 Å². The average Bonchev–Trinajstić information content (AvgIpc) is 2.40. The maximum Gasteiger partial charge on any atom is 0.228 e. The van der Waals surface area contributed by atoms with Gasteiger partial charge in [-0.1, -0.05) is 6.07 Å². The number of halogens is 4. The molecular weight excluding hydrogens is 347 g/mol. The van der Waals surface area contributed by atoms with Gasteiger partial charge in [-0.05, 0) is 46.6 Å². The Morgan fingerprint density at radius 1 is 1.10 bits per heavy atom. The molecule has 21 heavy (non-hydrogen) atoms. The van der Waals surface area contributed by atoms with Crippen molar-refractivity contribution in [1.82, 2.24) is 0 Å².